The fourth-order valence-corrected chi connectivity index (χ4v) is 1.72. The largest absolute Gasteiger partial charge is 0.394 e. The number of rotatable bonds is 4. The zero-order valence-electron chi connectivity index (χ0n) is 10.6. The van der Waals surface area contributed by atoms with Crippen molar-refractivity contribution in [2.75, 3.05) is 11.9 Å². The third-order valence-electron chi connectivity index (χ3n) is 2.92. The van der Waals surface area contributed by atoms with Crippen LogP contribution in [0.25, 0.3) is 0 Å². The lowest BCUT2D eigenvalue weighted by molar-refractivity contribution is 0.220. The molecule has 0 aliphatic rings. The second-order valence-corrected chi connectivity index (χ2v) is 4.57. The van der Waals surface area contributed by atoms with E-state index in [-0.39, 0.29) is 6.61 Å². The molecule has 1 aromatic heterocycles. The van der Waals surface area contributed by atoms with Crippen LogP contribution in [0.3, 0.4) is 0 Å². The van der Waals surface area contributed by atoms with E-state index >= 15 is 0 Å². The monoisotopic (exact) mass is 243 g/mol. The topological polar surface area (TPSA) is 58.0 Å². The van der Waals surface area contributed by atoms with Crippen molar-refractivity contribution in [2.24, 2.45) is 0 Å². The predicted octanol–water partition coefficient (Wildman–Crippen LogP) is 2.10. The van der Waals surface area contributed by atoms with Crippen LogP contribution in [0.4, 0.5) is 5.69 Å². The molecule has 0 saturated carbocycles. The van der Waals surface area contributed by atoms with Gasteiger partial charge in [0.15, 0.2) is 0 Å². The number of benzene rings is 1. The smallest absolute Gasteiger partial charge is 0.102 e. The number of hydrogen-bond donors (Lipinski definition) is 2. The number of nitrogens with zero attached hydrogens (tertiary/aromatic N) is 2. The quantitative estimate of drug-likeness (QED) is 0.863. The maximum atomic E-state index is 9.62. The van der Waals surface area contributed by atoms with Crippen molar-refractivity contribution < 1.29 is 5.11 Å². The molecule has 0 bridgehead atoms. The van der Waals surface area contributed by atoms with Crippen molar-refractivity contribution in [1.29, 1.82) is 0 Å². The van der Waals surface area contributed by atoms with Gasteiger partial charge in [0.1, 0.15) is 5.54 Å². The number of aliphatic hydroxyl groups is 1. The van der Waals surface area contributed by atoms with Crippen LogP contribution in [0.1, 0.15) is 18.2 Å². The van der Waals surface area contributed by atoms with E-state index in [1.807, 2.05) is 38.1 Å². The highest BCUT2D eigenvalue weighted by molar-refractivity contribution is 5.47. The molecule has 2 aromatic rings. The Hall–Kier alpha value is -1.94. The van der Waals surface area contributed by atoms with Gasteiger partial charge in [-0.25, -0.2) is 0 Å². The first kappa shape index (κ1) is 12.5. The molecule has 1 atom stereocenters. The third-order valence-corrected chi connectivity index (χ3v) is 2.92. The van der Waals surface area contributed by atoms with E-state index in [2.05, 4.69) is 15.3 Å². The van der Waals surface area contributed by atoms with Crippen LogP contribution >= 0.6 is 0 Å². The summed E-state index contributed by atoms with van der Waals surface area (Å²) < 4.78 is 0. The van der Waals surface area contributed by atoms with Crippen LogP contribution in [0.2, 0.25) is 0 Å². The van der Waals surface area contributed by atoms with Crippen molar-refractivity contribution in [1.82, 2.24) is 9.97 Å². The van der Waals surface area contributed by atoms with E-state index < -0.39 is 5.54 Å². The van der Waals surface area contributed by atoms with E-state index in [1.54, 1.807) is 18.6 Å². The van der Waals surface area contributed by atoms with E-state index in [1.165, 1.54) is 5.56 Å². The summed E-state index contributed by atoms with van der Waals surface area (Å²) in [6.07, 6.45) is 4.91. The van der Waals surface area contributed by atoms with Gasteiger partial charge in [-0.15, -0.1) is 0 Å². The molecule has 2 N–H and O–H groups in total. The summed E-state index contributed by atoms with van der Waals surface area (Å²) in [7, 11) is 0. The summed E-state index contributed by atoms with van der Waals surface area (Å²) in [6.45, 7) is 3.88. The summed E-state index contributed by atoms with van der Waals surface area (Å²) in [5.41, 5.74) is 2.23. The zero-order valence-corrected chi connectivity index (χ0v) is 10.6. The Balaban J connectivity index is 2.26. The van der Waals surface area contributed by atoms with Crippen molar-refractivity contribution in [3.63, 3.8) is 0 Å². The van der Waals surface area contributed by atoms with Gasteiger partial charge in [0, 0.05) is 18.1 Å². The van der Waals surface area contributed by atoms with Gasteiger partial charge in [0.25, 0.3) is 0 Å². The molecule has 0 aliphatic heterocycles. The molecule has 0 spiro atoms. The van der Waals surface area contributed by atoms with Gasteiger partial charge in [0.2, 0.25) is 0 Å². The zero-order chi connectivity index (χ0) is 13.0. The first-order valence-corrected chi connectivity index (χ1v) is 5.86. The Morgan fingerprint density at radius 3 is 2.50 bits per heavy atom. The van der Waals surface area contributed by atoms with Crippen LogP contribution in [-0.4, -0.2) is 21.7 Å². The molecule has 0 aliphatic carbocycles. The van der Waals surface area contributed by atoms with Crippen LogP contribution in [0.15, 0.2) is 42.9 Å². The average Bonchev–Trinajstić information content (AvgIpc) is 2.42. The molecule has 0 saturated heterocycles. The molecule has 4 nitrogen and oxygen atoms in total. The average molecular weight is 243 g/mol. The highest BCUT2D eigenvalue weighted by Gasteiger charge is 2.27. The van der Waals surface area contributed by atoms with Crippen LogP contribution < -0.4 is 5.32 Å². The highest BCUT2D eigenvalue weighted by atomic mass is 16.3. The maximum absolute atomic E-state index is 9.62. The van der Waals surface area contributed by atoms with Gasteiger partial charge in [0.05, 0.1) is 18.5 Å². The Labute approximate surface area is 107 Å². The lowest BCUT2D eigenvalue weighted by atomic mass is 9.98. The summed E-state index contributed by atoms with van der Waals surface area (Å²) in [5, 5.41) is 12.9. The van der Waals surface area contributed by atoms with Gasteiger partial charge in [-0.05, 0) is 26.0 Å². The second-order valence-electron chi connectivity index (χ2n) is 4.57. The van der Waals surface area contributed by atoms with Crippen LogP contribution in [0, 0.1) is 6.92 Å². The minimum atomic E-state index is -0.635. The predicted molar refractivity (Wildman–Crippen MR) is 71.3 cm³/mol. The van der Waals surface area contributed by atoms with Gasteiger partial charge >= 0.3 is 0 Å². The van der Waals surface area contributed by atoms with Crippen molar-refractivity contribution in [3.8, 4) is 0 Å². The molecule has 2 rings (SSSR count). The standard InChI is InChI=1S/C14H17N3O/c1-11-3-5-12(6-4-11)17-14(2,10-18)13-9-15-7-8-16-13/h3-9,17-18H,10H2,1-2H3. The molecular weight excluding hydrogens is 226 g/mol. The van der Waals surface area contributed by atoms with Gasteiger partial charge < -0.3 is 10.4 Å². The normalized spacial score (nSPS) is 13.9. The Morgan fingerprint density at radius 1 is 1.22 bits per heavy atom. The molecule has 0 amide bonds. The van der Waals surface area contributed by atoms with Crippen molar-refractivity contribution >= 4 is 5.69 Å². The van der Waals surface area contributed by atoms with Crippen molar-refractivity contribution in [2.45, 2.75) is 19.4 Å². The molecule has 0 fully saturated rings. The summed E-state index contributed by atoms with van der Waals surface area (Å²) in [5.74, 6) is 0. The molecule has 4 heteroatoms. The minimum Gasteiger partial charge on any atom is -0.394 e. The molecule has 94 valence electrons. The Bertz CT molecular complexity index is 498. The van der Waals surface area contributed by atoms with E-state index in [0.717, 1.165) is 5.69 Å². The maximum Gasteiger partial charge on any atom is 0.102 e. The fraction of sp³-hybridized carbons (Fsp3) is 0.286. The van der Waals surface area contributed by atoms with Crippen molar-refractivity contribution in [3.05, 3.63) is 54.1 Å². The third kappa shape index (κ3) is 2.65. The van der Waals surface area contributed by atoms with E-state index in [9.17, 15) is 5.11 Å². The highest BCUT2D eigenvalue weighted by Crippen LogP contribution is 2.23. The number of aryl methyl sites for hydroxylation is 1. The first-order chi connectivity index (χ1) is 8.64. The second kappa shape index (κ2) is 5.14. The molecule has 1 aromatic carbocycles. The summed E-state index contributed by atoms with van der Waals surface area (Å²) in [6, 6.07) is 8.02. The van der Waals surface area contributed by atoms with Gasteiger partial charge in [-0.3, -0.25) is 9.97 Å². The Kier molecular flexibility index (Phi) is 3.58. The summed E-state index contributed by atoms with van der Waals surface area (Å²) >= 11 is 0. The van der Waals surface area contributed by atoms with Gasteiger partial charge in [-0.2, -0.15) is 0 Å². The van der Waals surface area contributed by atoms with Crippen LogP contribution in [0.5, 0.6) is 0 Å². The van der Waals surface area contributed by atoms with E-state index in [0.29, 0.717) is 5.69 Å². The number of aliphatic hydroxyl groups excluding tert-OH is 1. The molecule has 18 heavy (non-hydrogen) atoms. The number of nitrogens with one attached hydrogen (secondary N) is 1. The van der Waals surface area contributed by atoms with Gasteiger partial charge in [-0.1, -0.05) is 17.7 Å². The SMILES string of the molecule is Cc1ccc(NC(C)(CO)c2cnccn2)cc1. The molecule has 1 unspecified atom stereocenters. The fourth-order valence-electron chi connectivity index (χ4n) is 1.72. The number of anilines is 1. The van der Waals surface area contributed by atoms with Crippen LogP contribution in [-0.2, 0) is 5.54 Å². The number of hydrogen-bond acceptors (Lipinski definition) is 4. The molecule has 1 heterocycles. The lowest BCUT2D eigenvalue weighted by Crippen LogP contribution is -2.36. The number of aromatic nitrogens is 2. The summed E-state index contributed by atoms with van der Waals surface area (Å²) in [4.78, 5) is 8.29. The molecule has 0 radical (unpaired) electrons. The van der Waals surface area contributed by atoms with E-state index in [4.69, 9.17) is 0 Å². The lowest BCUT2D eigenvalue weighted by Gasteiger charge is -2.29. The first-order valence-electron chi connectivity index (χ1n) is 5.86. The molecular formula is C14H17N3O. The Morgan fingerprint density at radius 2 is 1.94 bits per heavy atom. The minimum absolute atomic E-state index is 0.0560.